The van der Waals surface area contributed by atoms with Crippen LogP contribution in [0.3, 0.4) is 0 Å². The van der Waals surface area contributed by atoms with Gasteiger partial charge in [-0.05, 0) is 32.9 Å². The molecule has 0 bridgehead atoms. The van der Waals surface area contributed by atoms with E-state index in [1.54, 1.807) is 0 Å². The number of aromatic nitrogens is 2. The van der Waals surface area contributed by atoms with Gasteiger partial charge in [0.1, 0.15) is 17.5 Å². The summed E-state index contributed by atoms with van der Waals surface area (Å²) in [4.78, 5) is 11.7. The molecule has 1 saturated heterocycles. The standard InChI is InChI=1S/C16H29N5/c1-6-17-14-9-15(20-16(19-14)11(2)3)18-13-7-8-21(5)10-12(13)4/h9,11-13H,6-8,10H2,1-5H3,(H2,17,18,19,20). The Labute approximate surface area is 128 Å². The zero-order chi connectivity index (χ0) is 15.4. The van der Waals surface area contributed by atoms with Crippen molar-refractivity contribution in [2.75, 3.05) is 37.3 Å². The molecule has 0 amide bonds. The van der Waals surface area contributed by atoms with E-state index in [-0.39, 0.29) is 0 Å². The SMILES string of the molecule is CCNc1cc(NC2CCN(C)CC2C)nc(C(C)C)n1. The summed E-state index contributed by atoms with van der Waals surface area (Å²) in [6.45, 7) is 11.8. The second-order valence-corrected chi connectivity index (χ2v) is 6.46. The van der Waals surface area contributed by atoms with E-state index < -0.39 is 0 Å². The Hall–Kier alpha value is -1.36. The molecule has 0 aromatic carbocycles. The van der Waals surface area contributed by atoms with Crippen molar-refractivity contribution in [3.63, 3.8) is 0 Å². The van der Waals surface area contributed by atoms with Crippen LogP contribution in [0, 0.1) is 5.92 Å². The molecule has 1 fully saturated rings. The molecule has 1 aromatic rings. The highest BCUT2D eigenvalue weighted by atomic mass is 15.1. The van der Waals surface area contributed by atoms with Gasteiger partial charge in [-0.2, -0.15) is 0 Å². The van der Waals surface area contributed by atoms with Gasteiger partial charge in [0.2, 0.25) is 0 Å². The molecule has 2 atom stereocenters. The number of hydrogen-bond acceptors (Lipinski definition) is 5. The van der Waals surface area contributed by atoms with Crippen molar-refractivity contribution in [1.29, 1.82) is 0 Å². The topological polar surface area (TPSA) is 53.1 Å². The van der Waals surface area contributed by atoms with Crippen LogP contribution < -0.4 is 10.6 Å². The molecule has 2 N–H and O–H groups in total. The molecule has 0 aliphatic carbocycles. The largest absolute Gasteiger partial charge is 0.370 e. The minimum absolute atomic E-state index is 0.332. The zero-order valence-corrected chi connectivity index (χ0v) is 14.0. The van der Waals surface area contributed by atoms with E-state index in [2.05, 4.69) is 60.2 Å². The molecule has 5 heteroatoms. The molecule has 118 valence electrons. The summed E-state index contributed by atoms with van der Waals surface area (Å²) in [7, 11) is 2.19. The first-order valence-electron chi connectivity index (χ1n) is 8.07. The summed E-state index contributed by atoms with van der Waals surface area (Å²) in [5.74, 6) is 3.73. The highest BCUT2D eigenvalue weighted by Gasteiger charge is 2.24. The lowest BCUT2D eigenvalue weighted by Crippen LogP contribution is -2.43. The van der Waals surface area contributed by atoms with Crippen LogP contribution in [-0.2, 0) is 0 Å². The highest BCUT2D eigenvalue weighted by Crippen LogP contribution is 2.22. The highest BCUT2D eigenvalue weighted by molar-refractivity contribution is 5.48. The van der Waals surface area contributed by atoms with E-state index in [1.807, 2.05) is 6.07 Å². The van der Waals surface area contributed by atoms with E-state index in [4.69, 9.17) is 0 Å². The average molecular weight is 291 g/mol. The third-order valence-corrected chi connectivity index (χ3v) is 4.06. The van der Waals surface area contributed by atoms with Crippen molar-refractivity contribution in [1.82, 2.24) is 14.9 Å². The van der Waals surface area contributed by atoms with E-state index in [0.717, 1.165) is 43.5 Å². The van der Waals surface area contributed by atoms with Crippen LogP contribution >= 0.6 is 0 Å². The Morgan fingerprint density at radius 1 is 1.33 bits per heavy atom. The normalized spacial score (nSPS) is 23.3. The third-order valence-electron chi connectivity index (χ3n) is 4.06. The second-order valence-electron chi connectivity index (χ2n) is 6.46. The zero-order valence-electron chi connectivity index (χ0n) is 14.0. The fraction of sp³-hybridized carbons (Fsp3) is 0.750. The number of likely N-dealkylation sites (tertiary alicyclic amines) is 1. The van der Waals surface area contributed by atoms with Gasteiger partial charge in [-0.1, -0.05) is 20.8 Å². The Bertz CT molecular complexity index is 460. The molecule has 2 unspecified atom stereocenters. The van der Waals surface area contributed by atoms with Gasteiger partial charge in [-0.25, -0.2) is 9.97 Å². The smallest absolute Gasteiger partial charge is 0.135 e. The van der Waals surface area contributed by atoms with Crippen molar-refractivity contribution in [2.45, 2.75) is 46.1 Å². The van der Waals surface area contributed by atoms with E-state index in [1.165, 1.54) is 0 Å². The van der Waals surface area contributed by atoms with Crippen LogP contribution in [-0.4, -0.2) is 47.6 Å². The van der Waals surface area contributed by atoms with Gasteiger partial charge in [0.05, 0.1) is 0 Å². The summed E-state index contributed by atoms with van der Waals surface area (Å²) in [6.07, 6.45) is 1.16. The lowest BCUT2D eigenvalue weighted by atomic mass is 9.94. The van der Waals surface area contributed by atoms with Gasteiger partial charge < -0.3 is 15.5 Å². The van der Waals surface area contributed by atoms with E-state index >= 15 is 0 Å². The molecule has 2 rings (SSSR count). The molecule has 2 heterocycles. The monoisotopic (exact) mass is 291 g/mol. The lowest BCUT2D eigenvalue weighted by molar-refractivity contribution is 0.206. The predicted molar refractivity (Wildman–Crippen MR) is 89.0 cm³/mol. The Kier molecular flexibility index (Phi) is 5.39. The number of hydrogen-bond donors (Lipinski definition) is 2. The van der Waals surface area contributed by atoms with E-state index in [0.29, 0.717) is 17.9 Å². The first-order valence-corrected chi connectivity index (χ1v) is 8.07. The number of nitrogens with one attached hydrogen (secondary N) is 2. The van der Waals surface area contributed by atoms with Crippen LogP contribution in [0.4, 0.5) is 11.6 Å². The first kappa shape index (κ1) is 16.0. The van der Waals surface area contributed by atoms with Crippen LogP contribution in [0.25, 0.3) is 0 Å². The molecule has 0 spiro atoms. The van der Waals surface area contributed by atoms with Crippen molar-refractivity contribution >= 4 is 11.6 Å². The summed E-state index contributed by atoms with van der Waals surface area (Å²) in [5.41, 5.74) is 0. The fourth-order valence-electron chi connectivity index (χ4n) is 2.83. The van der Waals surface area contributed by atoms with Gasteiger partial charge in [0.15, 0.2) is 0 Å². The van der Waals surface area contributed by atoms with Crippen molar-refractivity contribution < 1.29 is 0 Å². The van der Waals surface area contributed by atoms with Gasteiger partial charge in [0.25, 0.3) is 0 Å². The second kappa shape index (κ2) is 7.07. The van der Waals surface area contributed by atoms with Crippen molar-refractivity contribution in [2.24, 2.45) is 5.92 Å². The molecule has 5 nitrogen and oxygen atoms in total. The van der Waals surface area contributed by atoms with Crippen LogP contribution in [0.1, 0.15) is 45.9 Å². The molecule has 1 aliphatic heterocycles. The quantitative estimate of drug-likeness (QED) is 0.873. The maximum atomic E-state index is 4.69. The van der Waals surface area contributed by atoms with Gasteiger partial charge in [-0.15, -0.1) is 0 Å². The molecule has 0 saturated carbocycles. The predicted octanol–water partition coefficient (Wildman–Crippen LogP) is 2.78. The summed E-state index contributed by atoms with van der Waals surface area (Å²) < 4.78 is 0. The Balaban J connectivity index is 2.14. The summed E-state index contributed by atoms with van der Waals surface area (Å²) in [5, 5.41) is 6.93. The maximum absolute atomic E-state index is 4.69. The lowest BCUT2D eigenvalue weighted by Gasteiger charge is -2.35. The molecular weight excluding hydrogens is 262 g/mol. The first-order chi connectivity index (χ1) is 9.99. The number of anilines is 2. The Morgan fingerprint density at radius 3 is 2.67 bits per heavy atom. The molecular formula is C16H29N5. The average Bonchev–Trinajstić information content (AvgIpc) is 2.42. The summed E-state index contributed by atoms with van der Waals surface area (Å²) >= 11 is 0. The minimum atomic E-state index is 0.332. The van der Waals surface area contributed by atoms with Crippen LogP contribution in [0.5, 0.6) is 0 Å². The van der Waals surface area contributed by atoms with E-state index in [9.17, 15) is 0 Å². The van der Waals surface area contributed by atoms with Gasteiger partial charge in [0, 0.05) is 31.1 Å². The number of nitrogens with zero attached hydrogens (tertiary/aromatic N) is 3. The van der Waals surface area contributed by atoms with Gasteiger partial charge >= 0.3 is 0 Å². The molecule has 0 radical (unpaired) electrons. The minimum Gasteiger partial charge on any atom is -0.370 e. The Morgan fingerprint density at radius 2 is 2.05 bits per heavy atom. The van der Waals surface area contributed by atoms with Crippen molar-refractivity contribution in [3.05, 3.63) is 11.9 Å². The summed E-state index contributed by atoms with van der Waals surface area (Å²) in [6, 6.07) is 2.52. The number of rotatable bonds is 5. The van der Waals surface area contributed by atoms with Crippen LogP contribution in [0.2, 0.25) is 0 Å². The maximum Gasteiger partial charge on any atom is 0.135 e. The molecule has 21 heavy (non-hydrogen) atoms. The fourth-order valence-corrected chi connectivity index (χ4v) is 2.83. The molecule has 1 aliphatic rings. The number of piperidine rings is 1. The van der Waals surface area contributed by atoms with Gasteiger partial charge in [-0.3, -0.25) is 0 Å². The molecule has 1 aromatic heterocycles. The van der Waals surface area contributed by atoms with Crippen LogP contribution in [0.15, 0.2) is 6.07 Å². The third kappa shape index (κ3) is 4.30. The van der Waals surface area contributed by atoms with Crippen molar-refractivity contribution in [3.8, 4) is 0 Å².